The predicted octanol–water partition coefficient (Wildman–Crippen LogP) is 2.19. The van der Waals surface area contributed by atoms with E-state index in [1.165, 1.54) is 9.13 Å². The number of allylic oxidation sites excluding steroid dienone is 1. The molecule has 0 N–H and O–H groups in total. The Kier molecular flexibility index (Phi) is 3.74. The number of rotatable bonds is 3. The van der Waals surface area contributed by atoms with Crippen LogP contribution >= 0.6 is 0 Å². The quantitative estimate of drug-likeness (QED) is 0.634. The molecule has 1 aromatic heterocycles. The Labute approximate surface area is 117 Å². The molecule has 0 saturated carbocycles. The normalized spacial score (nSPS) is 10.6. The fourth-order valence-corrected chi connectivity index (χ4v) is 2.19. The van der Waals surface area contributed by atoms with E-state index in [2.05, 4.69) is 6.58 Å². The van der Waals surface area contributed by atoms with Gasteiger partial charge in [-0.05, 0) is 32.4 Å². The summed E-state index contributed by atoms with van der Waals surface area (Å²) in [5, 5.41) is 0. The van der Waals surface area contributed by atoms with Gasteiger partial charge in [-0.1, -0.05) is 29.8 Å². The van der Waals surface area contributed by atoms with Crippen molar-refractivity contribution in [1.82, 2.24) is 9.13 Å². The highest BCUT2D eigenvalue weighted by atomic mass is 16.2. The van der Waals surface area contributed by atoms with Gasteiger partial charge in [0.1, 0.15) is 0 Å². The van der Waals surface area contributed by atoms with E-state index in [0.717, 1.165) is 22.4 Å². The number of aromatic nitrogens is 2. The summed E-state index contributed by atoms with van der Waals surface area (Å²) in [6.45, 7) is 9.86. The smallest absolute Gasteiger partial charge is 0.305 e. The predicted molar refractivity (Wildman–Crippen MR) is 80.6 cm³/mol. The molecule has 0 saturated heterocycles. The first-order chi connectivity index (χ1) is 9.40. The lowest BCUT2D eigenvalue weighted by atomic mass is 10.1. The maximum absolute atomic E-state index is 12.2. The van der Waals surface area contributed by atoms with Crippen molar-refractivity contribution in [3.63, 3.8) is 0 Å². The van der Waals surface area contributed by atoms with E-state index in [-0.39, 0.29) is 0 Å². The van der Waals surface area contributed by atoms with E-state index in [9.17, 15) is 9.59 Å². The van der Waals surface area contributed by atoms with E-state index >= 15 is 0 Å². The van der Waals surface area contributed by atoms with Crippen LogP contribution in [-0.4, -0.2) is 9.13 Å². The number of benzene rings is 1. The third-order valence-corrected chi connectivity index (χ3v) is 3.11. The minimum absolute atomic E-state index is 0.363. The van der Waals surface area contributed by atoms with Crippen molar-refractivity contribution >= 4 is 0 Å². The van der Waals surface area contributed by atoms with Crippen molar-refractivity contribution in [3.8, 4) is 5.69 Å². The zero-order chi connectivity index (χ0) is 14.9. The second-order valence-corrected chi connectivity index (χ2v) is 5.15. The highest BCUT2D eigenvalue weighted by molar-refractivity contribution is 5.42. The second kappa shape index (κ2) is 5.33. The Balaban J connectivity index is 2.60. The standard InChI is InChI=1S/C16H18N2O2/c1-11(2)10-17-7-8-18(16(20)15(17)19)14-6-5-12(3)9-13(14)4/h5-9H,1,10H2,2-4H3. The molecule has 0 atom stereocenters. The number of aryl methyl sites for hydroxylation is 2. The third kappa shape index (κ3) is 2.64. The van der Waals surface area contributed by atoms with E-state index in [4.69, 9.17) is 0 Å². The summed E-state index contributed by atoms with van der Waals surface area (Å²) in [7, 11) is 0. The average molecular weight is 270 g/mol. The highest BCUT2D eigenvalue weighted by Crippen LogP contribution is 2.13. The Morgan fingerprint density at radius 1 is 1.15 bits per heavy atom. The van der Waals surface area contributed by atoms with Gasteiger partial charge >= 0.3 is 11.1 Å². The van der Waals surface area contributed by atoms with Gasteiger partial charge in [-0.15, -0.1) is 0 Å². The van der Waals surface area contributed by atoms with Crippen LogP contribution in [0, 0.1) is 13.8 Å². The molecule has 0 fully saturated rings. The minimum atomic E-state index is -0.541. The van der Waals surface area contributed by atoms with E-state index < -0.39 is 11.1 Å². The van der Waals surface area contributed by atoms with Crippen molar-refractivity contribution in [3.05, 3.63) is 74.6 Å². The molecule has 20 heavy (non-hydrogen) atoms. The summed E-state index contributed by atoms with van der Waals surface area (Å²) < 4.78 is 2.77. The number of hydrogen-bond donors (Lipinski definition) is 0. The van der Waals surface area contributed by atoms with Crippen LogP contribution in [0.5, 0.6) is 0 Å². The lowest BCUT2D eigenvalue weighted by Crippen LogP contribution is -2.40. The molecule has 0 unspecified atom stereocenters. The van der Waals surface area contributed by atoms with Gasteiger partial charge in [0.05, 0.1) is 5.69 Å². The molecule has 104 valence electrons. The summed E-state index contributed by atoms with van der Waals surface area (Å²) in [4.78, 5) is 24.3. The summed E-state index contributed by atoms with van der Waals surface area (Å²) in [5.74, 6) is 0. The van der Waals surface area contributed by atoms with Gasteiger partial charge in [0.25, 0.3) is 0 Å². The van der Waals surface area contributed by atoms with Crippen molar-refractivity contribution in [2.24, 2.45) is 0 Å². The summed E-state index contributed by atoms with van der Waals surface area (Å²) in [6.07, 6.45) is 3.25. The molecule has 0 bridgehead atoms. The van der Waals surface area contributed by atoms with Crippen LogP contribution in [0.25, 0.3) is 5.69 Å². The van der Waals surface area contributed by atoms with Gasteiger partial charge in [-0.2, -0.15) is 0 Å². The fourth-order valence-electron chi connectivity index (χ4n) is 2.19. The first-order valence-electron chi connectivity index (χ1n) is 6.44. The maximum Gasteiger partial charge on any atom is 0.320 e. The van der Waals surface area contributed by atoms with Gasteiger partial charge in [0.2, 0.25) is 0 Å². The Hall–Kier alpha value is -2.36. The molecule has 0 aliphatic carbocycles. The van der Waals surface area contributed by atoms with Crippen molar-refractivity contribution in [1.29, 1.82) is 0 Å². The average Bonchev–Trinajstić information content (AvgIpc) is 2.36. The molecule has 0 aliphatic rings. The molecule has 2 rings (SSSR count). The van der Waals surface area contributed by atoms with Gasteiger partial charge in [-0.25, -0.2) is 0 Å². The van der Waals surface area contributed by atoms with Crippen molar-refractivity contribution < 1.29 is 0 Å². The van der Waals surface area contributed by atoms with Crippen molar-refractivity contribution in [2.45, 2.75) is 27.3 Å². The largest absolute Gasteiger partial charge is 0.320 e. The van der Waals surface area contributed by atoms with Gasteiger partial charge < -0.3 is 4.57 Å². The zero-order valence-corrected chi connectivity index (χ0v) is 12.0. The first-order valence-corrected chi connectivity index (χ1v) is 6.44. The Bertz CT molecular complexity index is 782. The molecule has 0 radical (unpaired) electrons. The first kappa shape index (κ1) is 14.1. The molecule has 4 heteroatoms. The molecule has 0 aliphatic heterocycles. The SMILES string of the molecule is C=C(C)Cn1ccn(-c2ccc(C)cc2C)c(=O)c1=O. The molecular formula is C16H18N2O2. The van der Waals surface area contributed by atoms with Crippen LogP contribution < -0.4 is 11.1 Å². The Morgan fingerprint density at radius 3 is 2.45 bits per heavy atom. The highest BCUT2D eigenvalue weighted by Gasteiger charge is 2.08. The van der Waals surface area contributed by atoms with Crippen LogP contribution in [0.1, 0.15) is 18.1 Å². The summed E-state index contributed by atoms with van der Waals surface area (Å²) in [6, 6.07) is 5.77. The Morgan fingerprint density at radius 2 is 1.85 bits per heavy atom. The van der Waals surface area contributed by atoms with E-state index in [0.29, 0.717) is 6.54 Å². The molecule has 1 heterocycles. The topological polar surface area (TPSA) is 44.0 Å². The number of nitrogens with zero attached hydrogens (tertiary/aromatic N) is 2. The molecule has 2 aromatic rings. The fraction of sp³-hybridized carbons (Fsp3) is 0.250. The second-order valence-electron chi connectivity index (χ2n) is 5.15. The molecular weight excluding hydrogens is 252 g/mol. The van der Waals surface area contributed by atoms with Crippen LogP contribution in [0.15, 0.2) is 52.3 Å². The monoisotopic (exact) mass is 270 g/mol. The van der Waals surface area contributed by atoms with Gasteiger partial charge in [0, 0.05) is 18.9 Å². The molecule has 4 nitrogen and oxygen atoms in total. The number of hydrogen-bond acceptors (Lipinski definition) is 2. The maximum atomic E-state index is 12.2. The molecule has 0 spiro atoms. The van der Waals surface area contributed by atoms with Crippen LogP contribution in [0.2, 0.25) is 0 Å². The lowest BCUT2D eigenvalue weighted by Gasteiger charge is -2.11. The summed E-state index contributed by atoms with van der Waals surface area (Å²) in [5.41, 5.74) is 2.58. The summed E-state index contributed by atoms with van der Waals surface area (Å²) >= 11 is 0. The van der Waals surface area contributed by atoms with Crippen molar-refractivity contribution in [2.75, 3.05) is 0 Å². The van der Waals surface area contributed by atoms with Gasteiger partial charge in [0.15, 0.2) is 0 Å². The van der Waals surface area contributed by atoms with Crippen LogP contribution in [0.4, 0.5) is 0 Å². The third-order valence-electron chi connectivity index (χ3n) is 3.11. The minimum Gasteiger partial charge on any atom is -0.305 e. The lowest BCUT2D eigenvalue weighted by molar-refractivity contribution is 0.710. The van der Waals surface area contributed by atoms with Crippen LogP contribution in [0.3, 0.4) is 0 Å². The van der Waals surface area contributed by atoms with Gasteiger partial charge in [-0.3, -0.25) is 14.2 Å². The molecule has 1 aromatic carbocycles. The van der Waals surface area contributed by atoms with E-state index in [1.54, 1.807) is 12.4 Å². The van der Waals surface area contributed by atoms with Crippen LogP contribution in [-0.2, 0) is 6.54 Å². The zero-order valence-electron chi connectivity index (χ0n) is 12.0. The molecule has 0 amide bonds. The van der Waals surface area contributed by atoms with E-state index in [1.807, 2.05) is 39.0 Å².